The van der Waals surface area contributed by atoms with E-state index in [1.165, 1.54) is 14.7 Å². The maximum Gasteiger partial charge on any atom is 0.243 e. The lowest BCUT2D eigenvalue weighted by molar-refractivity contribution is -0.120. The molecule has 11 heteroatoms. The van der Waals surface area contributed by atoms with Gasteiger partial charge in [0, 0.05) is 31.9 Å². The van der Waals surface area contributed by atoms with Gasteiger partial charge in [-0.2, -0.15) is 4.31 Å². The van der Waals surface area contributed by atoms with Crippen LogP contribution in [0.1, 0.15) is 31.7 Å². The van der Waals surface area contributed by atoms with Crippen LogP contribution in [0, 0.1) is 12.8 Å². The maximum atomic E-state index is 13.0. The number of sulfonamides is 2. The Balaban J connectivity index is 1.74. The summed E-state index contributed by atoms with van der Waals surface area (Å²) in [4.78, 5) is 13.0. The molecule has 2 saturated heterocycles. The van der Waals surface area contributed by atoms with Gasteiger partial charge in [-0.15, -0.1) is 0 Å². The Morgan fingerprint density at radius 3 is 2.52 bits per heavy atom. The number of benzene rings is 1. The van der Waals surface area contributed by atoms with Gasteiger partial charge in [-0.1, -0.05) is 13.0 Å². The first kappa shape index (κ1) is 24.1. The van der Waals surface area contributed by atoms with Crippen LogP contribution in [0.25, 0.3) is 0 Å². The second-order valence-corrected chi connectivity index (χ2v) is 12.0. The molecule has 2 aliphatic rings. The second kappa shape index (κ2) is 9.95. The van der Waals surface area contributed by atoms with Gasteiger partial charge in [0.05, 0.1) is 29.8 Å². The van der Waals surface area contributed by atoms with Crippen molar-refractivity contribution in [2.24, 2.45) is 5.92 Å². The van der Waals surface area contributed by atoms with Crippen molar-refractivity contribution in [3.8, 4) is 0 Å². The Bertz CT molecular complexity index is 1000. The highest BCUT2D eigenvalue weighted by atomic mass is 32.2. The van der Waals surface area contributed by atoms with Crippen LogP contribution in [0.15, 0.2) is 23.1 Å². The zero-order chi connectivity index (χ0) is 22.6. The number of aryl methyl sites for hydroxylation is 1. The Hall–Kier alpha value is -1.53. The Morgan fingerprint density at radius 1 is 1.13 bits per heavy atom. The number of nitrogens with zero attached hydrogens (tertiary/aromatic N) is 2. The number of hydrogen-bond acceptors (Lipinski definition) is 6. The van der Waals surface area contributed by atoms with E-state index in [4.69, 9.17) is 4.74 Å². The van der Waals surface area contributed by atoms with Crippen LogP contribution in [0.5, 0.6) is 0 Å². The average molecular weight is 474 g/mol. The molecule has 0 saturated carbocycles. The van der Waals surface area contributed by atoms with E-state index >= 15 is 0 Å². The molecule has 174 valence electrons. The van der Waals surface area contributed by atoms with Crippen LogP contribution in [0.3, 0.4) is 0 Å². The van der Waals surface area contributed by atoms with Crippen molar-refractivity contribution in [2.45, 2.75) is 38.0 Å². The van der Waals surface area contributed by atoms with Gasteiger partial charge in [0.25, 0.3) is 0 Å². The minimum atomic E-state index is -3.70. The number of morpholine rings is 1. The number of ether oxygens (including phenoxy) is 1. The molecule has 0 aromatic heterocycles. The first-order valence-electron chi connectivity index (χ1n) is 10.6. The zero-order valence-electron chi connectivity index (χ0n) is 18.0. The van der Waals surface area contributed by atoms with E-state index in [1.807, 2.05) is 6.92 Å². The van der Waals surface area contributed by atoms with Crippen molar-refractivity contribution in [1.29, 1.82) is 0 Å². The molecule has 3 rings (SSSR count). The van der Waals surface area contributed by atoms with Crippen molar-refractivity contribution in [3.63, 3.8) is 0 Å². The molecule has 1 unspecified atom stereocenters. The summed E-state index contributed by atoms with van der Waals surface area (Å²) in [6.07, 6.45) is 1.74. The lowest BCUT2D eigenvalue weighted by atomic mass is 9.98. The van der Waals surface area contributed by atoms with E-state index in [0.717, 1.165) is 0 Å². The summed E-state index contributed by atoms with van der Waals surface area (Å²) in [7, 11) is -7.05. The lowest BCUT2D eigenvalue weighted by Crippen LogP contribution is -2.44. The summed E-state index contributed by atoms with van der Waals surface area (Å²) in [5.74, 6) is -0.696. The van der Waals surface area contributed by atoms with Crippen LogP contribution in [-0.4, -0.2) is 76.5 Å². The number of carbonyl (C=O) groups is 1. The minimum absolute atomic E-state index is 0.0715. The van der Waals surface area contributed by atoms with Gasteiger partial charge in [0.15, 0.2) is 0 Å². The predicted molar refractivity (Wildman–Crippen MR) is 118 cm³/mol. The molecule has 31 heavy (non-hydrogen) atoms. The third-order valence-corrected chi connectivity index (χ3v) is 9.74. The summed E-state index contributed by atoms with van der Waals surface area (Å²) in [6, 6.07) is 4.81. The molecular weight excluding hydrogens is 442 g/mol. The number of hydrogen-bond donors (Lipinski definition) is 1. The Labute approximate surface area is 184 Å². The summed E-state index contributed by atoms with van der Waals surface area (Å²) in [5.41, 5.74) is 0.981. The van der Waals surface area contributed by atoms with Crippen LogP contribution < -0.4 is 5.32 Å². The number of rotatable bonds is 7. The molecule has 0 spiro atoms. The van der Waals surface area contributed by atoms with Gasteiger partial charge >= 0.3 is 0 Å². The summed E-state index contributed by atoms with van der Waals surface area (Å²) in [6.45, 7) is 5.41. The molecule has 9 nitrogen and oxygen atoms in total. The number of piperidine rings is 1. The SMILES string of the molecule is CCCS(=O)(=O)N1CCCC(C(=O)Nc2ccc(C)c(S(=O)(=O)N3CCOCC3)c2)C1. The number of nitrogens with one attached hydrogen (secondary N) is 1. The molecule has 0 aliphatic carbocycles. The predicted octanol–water partition coefficient (Wildman–Crippen LogP) is 1.41. The third kappa shape index (κ3) is 5.64. The second-order valence-electron chi connectivity index (χ2n) is 8.00. The van der Waals surface area contributed by atoms with E-state index in [9.17, 15) is 21.6 Å². The van der Waals surface area contributed by atoms with Crippen molar-refractivity contribution in [2.75, 3.05) is 50.5 Å². The minimum Gasteiger partial charge on any atom is -0.379 e. The van der Waals surface area contributed by atoms with Gasteiger partial charge in [0.1, 0.15) is 0 Å². The third-order valence-electron chi connectivity index (χ3n) is 5.65. The van der Waals surface area contributed by atoms with Gasteiger partial charge in [0.2, 0.25) is 26.0 Å². The van der Waals surface area contributed by atoms with Crippen LogP contribution >= 0.6 is 0 Å². The van der Waals surface area contributed by atoms with Crippen molar-refractivity contribution < 1.29 is 26.4 Å². The largest absolute Gasteiger partial charge is 0.379 e. The van der Waals surface area contributed by atoms with Crippen LogP contribution in [0.4, 0.5) is 5.69 Å². The molecule has 0 radical (unpaired) electrons. The van der Waals surface area contributed by atoms with Gasteiger partial charge in [-0.05, 0) is 43.9 Å². The molecular formula is C20H31N3O6S2. The molecule has 2 heterocycles. The molecule has 1 aromatic carbocycles. The quantitative estimate of drug-likeness (QED) is 0.641. The van der Waals surface area contributed by atoms with E-state index in [0.29, 0.717) is 63.4 Å². The van der Waals surface area contributed by atoms with Crippen LogP contribution in [0.2, 0.25) is 0 Å². The summed E-state index contributed by atoms with van der Waals surface area (Å²) < 4.78 is 58.9. The Morgan fingerprint density at radius 2 is 1.84 bits per heavy atom. The number of amides is 1. The van der Waals surface area contributed by atoms with E-state index in [-0.39, 0.29) is 23.1 Å². The first-order chi connectivity index (χ1) is 14.6. The number of anilines is 1. The maximum absolute atomic E-state index is 13.0. The topological polar surface area (TPSA) is 113 Å². The van der Waals surface area contributed by atoms with Gasteiger partial charge in [-0.25, -0.2) is 21.1 Å². The smallest absolute Gasteiger partial charge is 0.243 e. The molecule has 2 aliphatic heterocycles. The molecule has 1 aromatic rings. The highest BCUT2D eigenvalue weighted by Crippen LogP contribution is 2.26. The number of carbonyl (C=O) groups excluding carboxylic acids is 1. The normalized spacial score (nSPS) is 21.7. The lowest BCUT2D eigenvalue weighted by Gasteiger charge is -2.31. The summed E-state index contributed by atoms with van der Waals surface area (Å²) in [5, 5.41) is 2.79. The molecule has 1 N–H and O–H groups in total. The van der Waals surface area contributed by atoms with E-state index < -0.39 is 26.0 Å². The van der Waals surface area contributed by atoms with Crippen LogP contribution in [-0.2, 0) is 29.6 Å². The summed E-state index contributed by atoms with van der Waals surface area (Å²) >= 11 is 0. The van der Waals surface area contributed by atoms with E-state index in [1.54, 1.807) is 19.1 Å². The first-order valence-corrected chi connectivity index (χ1v) is 13.7. The Kier molecular flexibility index (Phi) is 7.74. The highest BCUT2D eigenvalue weighted by molar-refractivity contribution is 7.89. The van der Waals surface area contributed by atoms with Gasteiger partial charge in [-0.3, -0.25) is 4.79 Å². The van der Waals surface area contributed by atoms with Crippen molar-refractivity contribution in [1.82, 2.24) is 8.61 Å². The molecule has 1 atom stereocenters. The molecule has 2 fully saturated rings. The molecule has 1 amide bonds. The van der Waals surface area contributed by atoms with Gasteiger partial charge < -0.3 is 10.1 Å². The fourth-order valence-electron chi connectivity index (χ4n) is 3.92. The zero-order valence-corrected chi connectivity index (χ0v) is 19.7. The molecule has 0 bridgehead atoms. The fraction of sp³-hybridized carbons (Fsp3) is 0.650. The fourth-order valence-corrected chi connectivity index (χ4v) is 7.17. The van der Waals surface area contributed by atoms with Crippen molar-refractivity contribution >= 4 is 31.6 Å². The van der Waals surface area contributed by atoms with E-state index in [2.05, 4.69) is 5.32 Å². The van der Waals surface area contributed by atoms with Crippen molar-refractivity contribution in [3.05, 3.63) is 23.8 Å². The highest BCUT2D eigenvalue weighted by Gasteiger charge is 2.32. The average Bonchev–Trinajstić information content (AvgIpc) is 2.75. The standard InChI is InChI=1S/C20H31N3O6S2/c1-3-13-30(25,26)23-8-4-5-17(15-23)20(24)21-18-7-6-16(2)19(14-18)31(27,28)22-9-11-29-12-10-22/h6-7,14,17H,3-5,8-13,15H2,1-2H3,(H,21,24). The monoisotopic (exact) mass is 473 g/mol.